The second-order valence-electron chi connectivity index (χ2n) is 8.55. The van der Waals surface area contributed by atoms with E-state index in [0.717, 1.165) is 16.7 Å². The van der Waals surface area contributed by atoms with Crippen LogP contribution >= 0.6 is 11.3 Å². The molecular formula is C29H26N2O5S. The summed E-state index contributed by atoms with van der Waals surface area (Å²) in [6, 6.07) is 19.1. The number of thiazole rings is 1. The fraction of sp³-hybridized carbons (Fsp3) is 0.207. The van der Waals surface area contributed by atoms with Crippen LogP contribution in [0.15, 0.2) is 72.3 Å². The number of carbonyl (C=O) groups excluding carboxylic acids is 2. The van der Waals surface area contributed by atoms with E-state index in [1.165, 1.54) is 16.2 Å². The normalized spacial score (nSPS) is 16.9. The number of aliphatic hydroxyl groups is 1. The number of aromatic nitrogens is 1. The van der Waals surface area contributed by atoms with Crippen molar-refractivity contribution in [2.45, 2.75) is 26.3 Å². The fourth-order valence-corrected chi connectivity index (χ4v) is 5.46. The first-order chi connectivity index (χ1) is 17.9. The van der Waals surface area contributed by atoms with E-state index in [9.17, 15) is 14.7 Å². The standard InChI is InChI=1S/C29H26N2O5S/c1-4-17-6-8-18(9-7-17)25-24(26(32)19-10-12-20(13-11-19)36-5-2)27(33)28(34)31(25)29-30-22-15-14-21(35-3)16-23(22)37-29/h6-16,25,32H,4-5H2,1-3H3. The molecule has 0 saturated carbocycles. The van der Waals surface area contributed by atoms with Gasteiger partial charge in [0.05, 0.1) is 35.5 Å². The minimum atomic E-state index is -0.833. The van der Waals surface area contributed by atoms with E-state index in [0.29, 0.717) is 39.9 Å². The van der Waals surface area contributed by atoms with Crippen LogP contribution in [0.1, 0.15) is 36.6 Å². The minimum Gasteiger partial charge on any atom is -0.507 e. The molecule has 8 heteroatoms. The van der Waals surface area contributed by atoms with Gasteiger partial charge in [-0.3, -0.25) is 14.5 Å². The van der Waals surface area contributed by atoms with Crippen LogP contribution in [0, 0.1) is 0 Å². The van der Waals surface area contributed by atoms with Crippen molar-refractivity contribution in [1.29, 1.82) is 0 Å². The Morgan fingerprint density at radius 1 is 1.00 bits per heavy atom. The van der Waals surface area contributed by atoms with Gasteiger partial charge < -0.3 is 14.6 Å². The molecule has 1 atom stereocenters. The third kappa shape index (κ3) is 4.44. The van der Waals surface area contributed by atoms with Crippen LogP contribution in [-0.2, 0) is 16.0 Å². The molecule has 4 aromatic rings. The topological polar surface area (TPSA) is 89.0 Å². The van der Waals surface area contributed by atoms with E-state index in [1.807, 2.05) is 43.3 Å². The van der Waals surface area contributed by atoms with Gasteiger partial charge in [0.15, 0.2) is 5.13 Å². The van der Waals surface area contributed by atoms with Gasteiger partial charge >= 0.3 is 5.91 Å². The number of nitrogens with zero attached hydrogens (tertiary/aromatic N) is 2. The molecule has 2 heterocycles. The summed E-state index contributed by atoms with van der Waals surface area (Å²) in [5.41, 5.74) is 2.97. The van der Waals surface area contributed by atoms with E-state index < -0.39 is 17.7 Å². The average molecular weight is 515 g/mol. The lowest BCUT2D eigenvalue weighted by atomic mass is 9.94. The molecule has 1 saturated heterocycles. The number of rotatable bonds is 7. The second-order valence-corrected chi connectivity index (χ2v) is 9.56. The number of fused-ring (bicyclic) bond motifs is 1. The van der Waals surface area contributed by atoms with Crippen LogP contribution in [0.3, 0.4) is 0 Å². The predicted octanol–water partition coefficient (Wildman–Crippen LogP) is 5.89. The Balaban J connectivity index is 1.67. The fourth-order valence-electron chi connectivity index (χ4n) is 4.43. The zero-order chi connectivity index (χ0) is 26.1. The van der Waals surface area contributed by atoms with Crippen LogP contribution in [-0.4, -0.2) is 35.5 Å². The maximum Gasteiger partial charge on any atom is 0.301 e. The van der Waals surface area contributed by atoms with Gasteiger partial charge in [-0.2, -0.15) is 0 Å². The third-order valence-electron chi connectivity index (χ3n) is 6.38. The highest BCUT2D eigenvalue weighted by atomic mass is 32.1. The molecule has 1 N–H and O–H groups in total. The first kappa shape index (κ1) is 24.5. The van der Waals surface area contributed by atoms with E-state index in [1.54, 1.807) is 37.4 Å². The van der Waals surface area contributed by atoms with Gasteiger partial charge in [0, 0.05) is 5.56 Å². The van der Waals surface area contributed by atoms with E-state index >= 15 is 0 Å². The number of methoxy groups -OCH3 is 1. The summed E-state index contributed by atoms with van der Waals surface area (Å²) >= 11 is 1.29. The SMILES string of the molecule is CCOc1ccc(C(O)=C2C(=O)C(=O)N(c3nc4ccc(OC)cc4s3)C2c2ccc(CC)cc2)cc1. The Morgan fingerprint density at radius 2 is 1.70 bits per heavy atom. The Bertz CT molecular complexity index is 1510. The lowest BCUT2D eigenvalue weighted by Crippen LogP contribution is -2.29. The summed E-state index contributed by atoms with van der Waals surface area (Å²) in [5, 5.41) is 11.7. The monoisotopic (exact) mass is 514 g/mol. The van der Waals surface area contributed by atoms with Gasteiger partial charge in [-0.25, -0.2) is 4.98 Å². The van der Waals surface area contributed by atoms with E-state index in [-0.39, 0.29) is 11.3 Å². The molecule has 1 amide bonds. The third-order valence-corrected chi connectivity index (χ3v) is 7.39. The molecule has 5 rings (SSSR count). The van der Waals surface area contributed by atoms with Crippen molar-refractivity contribution >= 4 is 44.1 Å². The van der Waals surface area contributed by atoms with Crippen molar-refractivity contribution in [1.82, 2.24) is 4.98 Å². The van der Waals surface area contributed by atoms with Gasteiger partial charge in [-0.05, 0) is 66.9 Å². The van der Waals surface area contributed by atoms with Crippen molar-refractivity contribution in [2.75, 3.05) is 18.6 Å². The number of aryl methyl sites for hydroxylation is 1. The van der Waals surface area contributed by atoms with Crippen LogP contribution in [0.2, 0.25) is 0 Å². The molecule has 1 aromatic heterocycles. The van der Waals surface area contributed by atoms with E-state index in [2.05, 4.69) is 11.9 Å². The highest BCUT2D eigenvalue weighted by Gasteiger charge is 2.48. The van der Waals surface area contributed by atoms with Crippen molar-refractivity contribution in [2.24, 2.45) is 0 Å². The van der Waals surface area contributed by atoms with Gasteiger partial charge in [-0.1, -0.05) is 42.5 Å². The van der Waals surface area contributed by atoms with Crippen LogP contribution < -0.4 is 14.4 Å². The molecule has 188 valence electrons. The lowest BCUT2D eigenvalue weighted by molar-refractivity contribution is -0.132. The number of anilines is 1. The maximum atomic E-state index is 13.5. The number of hydrogen-bond donors (Lipinski definition) is 1. The Kier molecular flexibility index (Phi) is 6.67. The molecule has 1 unspecified atom stereocenters. The first-order valence-electron chi connectivity index (χ1n) is 12.0. The number of hydrogen-bond acceptors (Lipinski definition) is 7. The largest absolute Gasteiger partial charge is 0.507 e. The molecule has 0 aliphatic carbocycles. The van der Waals surface area contributed by atoms with Crippen LogP contribution in [0.25, 0.3) is 16.0 Å². The molecule has 0 spiro atoms. The molecule has 7 nitrogen and oxygen atoms in total. The number of aliphatic hydroxyl groups excluding tert-OH is 1. The summed E-state index contributed by atoms with van der Waals surface area (Å²) in [7, 11) is 1.59. The maximum absolute atomic E-state index is 13.5. The lowest BCUT2D eigenvalue weighted by Gasteiger charge is -2.23. The van der Waals surface area contributed by atoms with Crippen molar-refractivity contribution in [3.63, 3.8) is 0 Å². The minimum absolute atomic E-state index is 0.0234. The molecule has 0 bridgehead atoms. The van der Waals surface area contributed by atoms with Gasteiger partial charge in [0.1, 0.15) is 17.3 Å². The molecule has 37 heavy (non-hydrogen) atoms. The molecule has 3 aromatic carbocycles. The Hall–Kier alpha value is -4.17. The first-order valence-corrected chi connectivity index (χ1v) is 12.8. The number of carbonyl (C=O) groups is 2. The molecule has 0 radical (unpaired) electrons. The highest BCUT2D eigenvalue weighted by molar-refractivity contribution is 7.22. The molecule has 1 aliphatic rings. The Morgan fingerprint density at radius 3 is 2.35 bits per heavy atom. The number of ketones is 1. The molecule has 1 aliphatic heterocycles. The summed E-state index contributed by atoms with van der Waals surface area (Å²) in [4.78, 5) is 32.9. The number of ether oxygens (including phenoxy) is 2. The van der Waals surface area contributed by atoms with Gasteiger partial charge in [0.2, 0.25) is 0 Å². The second kappa shape index (κ2) is 10.1. The van der Waals surface area contributed by atoms with Crippen LogP contribution in [0.5, 0.6) is 11.5 Å². The quantitative estimate of drug-likeness (QED) is 0.188. The number of Topliss-reactive ketones (excluding diaryl/α,β-unsaturated/α-hetero) is 1. The predicted molar refractivity (Wildman–Crippen MR) is 144 cm³/mol. The number of amides is 1. The number of benzene rings is 3. The van der Waals surface area contributed by atoms with E-state index in [4.69, 9.17) is 9.47 Å². The zero-order valence-corrected chi connectivity index (χ0v) is 21.5. The van der Waals surface area contributed by atoms with Crippen molar-refractivity contribution in [3.8, 4) is 11.5 Å². The van der Waals surface area contributed by atoms with Crippen molar-refractivity contribution < 1.29 is 24.2 Å². The molecule has 1 fully saturated rings. The Labute approximate surface area is 218 Å². The summed E-state index contributed by atoms with van der Waals surface area (Å²) in [6.07, 6.45) is 0.854. The highest BCUT2D eigenvalue weighted by Crippen LogP contribution is 2.44. The average Bonchev–Trinajstić information content (AvgIpc) is 3.46. The summed E-state index contributed by atoms with van der Waals surface area (Å²) in [6.45, 7) is 4.46. The molecular weight excluding hydrogens is 488 g/mol. The summed E-state index contributed by atoms with van der Waals surface area (Å²) in [5.74, 6) is -0.407. The van der Waals surface area contributed by atoms with Crippen molar-refractivity contribution in [3.05, 3.63) is 89.0 Å². The zero-order valence-electron chi connectivity index (χ0n) is 20.7. The summed E-state index contributed by atoms with van der Waals surface area (Å²) < 4.78 is 11.6. The van der Waals surface area contributed by atoms with Gasteiger partial charge in [-0.15, -0.1) is 0 Å². The smallest absolute Gasteiger partial charge is 0.301 e. The van der Waals surface area contributed by atoms with Gasteiger partial charge in [0.25, 0.3) is 5.78 Å². The van der Waals surface area contributed by atoms with Crippen LogP contribution in [0.4, 0.5) is 5.13 Å².